The first-order valence-corrected chi connectivity index (χ1v) is 8.14. The Hall–Kier alpha value is -1.02. The van der Waals surface area contributed by atoms with E-state index < -0.39 is 0 Å². The van der Waals surface area contributed by atoms with E-state index in [0.29, 0.717) is 6.04 Å². The van der Waals surface area contributed by atoms with Crippen molar-refractivity contribution in [2.24, 2.45) is 5.92 Å². The van der Waals surface area contributed by atoms with Gasteiger partial charge in [0.15, 0.2) is 0 Å². The van der Waals surface area contributed by atoms with Crippen molar-refractivity contribution in [1.82, 2.24) is 5.32 Å². The first kappa shape index (κ1) is 15.4. The Kier molecular flexibility index (Phi) is 5.90. The molecule has 0 spiro atoms. The highest BCUT2D eigenvalue weighted by atomic mass is 16.5. The third-order valence-corrected chi connectivity index (χ3v) is 4.31. The summed E-state index contributed by atoms with van der Waals surface area (Å²) in [6.07, 6.45) is 7.24. The molecule has 1 N–H and O–H groups in total. The first-order valence-electron chi connectivity index (χ1n) is 8.14. The largest absolute Gasteiger partial charge is 0.491 e. The van der Waals surface area contributed by atoms with Gasteiger partial charge in [-0.25, -0.2) is 0 Å². The molecule has 0 radical (unpaired) electrons. The topological polar surface area (TPSA) is 21.3 Å². The molecule has 2 heteroatoms. The fraction of sp³-hybridized carbons (Fsp3) is 0.667. The van der Waals surface area contributed by atoms with Gasteiger partial charge in [0.05, 0.1) is 6.10 Å². The summed E-state index contributed by atoms with van der Waals surface area (Å²) in [5, 5.41) is 3.70. The van der Waals surface area contributed by atoms with Crippen LogP contribution in [0.5, 0.6) is 5.75 Å². The molecule has 2 nitrogen and oxygen atoms in total. The average molecular weight is 275 g/mol. The maximum absolute atomic E-state index is 5.88. The number of benzene rings is 1. The van der Waals surface area contributed by atoms with Crippen LogP contribution in [0.15, 0.2) is 24.3 Å². The summed E-state index contributed by atoms with van der Waals surface area (Å²) in [5.41, 5.74) is 1.27. The highest BCUT2D eigenvalue weighted by molar-refractivity contribution is 5.33. The zero-order valence-electron chi connectivity index (χ0n) is 13.2. The van der Waals surface area contributed by atoms with Gasteiger partial charge in [0, 0.05) is 18.2 Å². The van der Waals surface area contributed by atoms with E-state index in [0.717, 1.165) is 18.2 Å². The minimum atomic E-state index is 0.229. The number of ether oxygens (including phenoxy) is 1. The maximum atomic E-state index is 5.88. The number of para-hydroxylation sites is 1. The van der Waals surface area contributed by atoms with Gasteiger partial charge in [-0.05, 0) is 45.6 Å². The minimum absolute atomic E-state index is 0.229. The summed E-state index contributed by atoms with van der Waals surface area (Å²) >= 11 is 0. The number of hydrogen-bond donors (Lipinski definition) is 1. The summed E-state index contributed by atoms with van der Waals surface area (Å²) < 4.78 is 5.88. The standard InChI is InChI=1S/C18H29NO/c1-14(2)20-18-12-8-7-11-17(18)13-19-15(3)16-9-5-4-6-10-16/h7-8,11-12,14-16,19H,4-6,9-10,13H2,1-3H3/t15-/m0/s1. The third kappa shape index (κ3) is 4.52. The van der Waals surface area contributed by atoms with E-state index in [2.05, 4.69) is 44.3 Å². The molecule has 1 aliphatic carbocycles. The summed E-state index contributed by atoms with van der Waals surface area (Å²) in [4.78, 5) is 0. The molecule has 0 aliphatic heterocycles. The molecule has 2 rings (SSSR count). The normalized spacial score (nSPS) is 18.2. The predicted molar refractivity (Wildman–Crippen MR) is 85.1 cm³/mol. The van der Waals surface area contributed by atoms with Gasteiger partial charge in [0.1, 0.15) is 5.75 Å². The van der Waals surface area contributed by atoms with Crippen LogP contribution in [0.2, 0.25) is 0 Å². The minimum Gasteiger partial charge on any atom is -0.491 e. The monoisotopic (exact) mass is 275 g/mol. The molecule has 1 atom stereocenters. The highest BCUT2D eigenvalue weighted by Crippen LogP contribution is 2.27. The van der Waals surface area contributed by atoms with Crippen molar-refractivity contribution in [3.63, 3.8) is 0 Å². The van der Waals surface area contributed by atoms with Gasteiger partial charge in [-0.2, -0.15) is 0 Å². The van der Waals surface area contributed by atoms with Gasteiger partial charge >= 0.3 is 0 Å². The molecule has 1 aromatic rings. The SMILES string of the molecule is CC(C)Oc1ccccc1CN[C@@H](C)C1CCCCC1. The Labute approximate surface area is 123 Å². The fourth-order valence-electron chi connectivity index (χ4n) is 3.09. The lowest BCUT2D eigenvalue weighted by atomic mass is 9.84. The molecule has 0 aromatic heterocycles. The van der Waals surface area contributed by atoms with Crippen molar-refractivity contribution in [3.8, 4) is 5.75 Å². The van der Waals surface area contributed by atoms with E-state index >= 15 is 0 Å². The molecular formula is C18H29NO. The molecule has 1 aromatic carbocycles. The average Bonchev–Trinajstić information content (AvgIpc) is 2.46. The van der Waals surface area contributed by atoms with Crippen molar-refractivity contribution >= 4 is 0 Å². The predicted octanol–water partition coefficient (Wildman–Crippen LogP) is 4.53. The van der Waals surface area contributed by atoms with Gasteiger partial charge in [0.2, 0.25) is 0 Å². The van der Waals surface area contributed by atoms with Crippen LogP contribution in [0.3, 0.4) is 0 Å². The fourth-order valence-corrected chi connectivity index (χ4v) is 3.09. The lowest BCUT2D eigenvalue weighted by Gasteiger charge is -2.28. The Balaban J connectivity index is 1.89. The highest BCUT2D eigenvalue weighted by Gasteiger charge is 2.19. The molecular weight excluding hydrogens is 246 g/mol. The van der Waals surface area contributed by atoms with Gasteiger partial charge < -0.3 is 10.1 Å². The molecule has 20 heavy (non-hydrogen) atoms. The van der Waals surface area contributed by atoms with E-state index in [4.69, 9.17) is 4.74 Å². The quantitative estimate of drug-likeness (QED) is 0.823. The van der Waals surface area contributed by atoms with Crippen LogP contribution < -0.4 is 10.1 Å². The van der Waals surface area contributed by atoms with E-state index in [1.807, 2.05) is 6.07 Å². The molecule has 0 heterocycles. The molecule has 0 amide bonds. The second kappa shape index (κ2) is 7.68. The molecule has 0 saturated heterocycles. The van der Waals surface area contributed by atoms with Crippen LogP contribution in [0.25, 0.3) is 0 Å². The molecule has 0 unspecified atom stereocenters. The first-order chi connectivity index (χ1) is 9.66. The Bertz CT molecular complexity index is 396. The van der Waals surface area contributed by atoms with Crippen molar-refractivity contribution in [2.75, 3.05) is 0 Å². The summed E-state index contributed by atoms with van der Waals surface area (Å²) in [6, 6.07) is 8.98. The lowest BCUT2D eigenvalue weighted by Crippen LogP contribution is -2.34. The molecule has 112 valence electrons. The smallest absolute Gasteiger partial charge is 0.124 e. The van der Waals surface area contributed by atoms with Crippen molar-refractivity contribution in [3.05, 3.63) is 29.8 Å². The summed E-state index contributed by atoms with van der Waals surface area (Å²) in [5.74, 6) is 1.87. The molecule has 1 saturated carbocycles. The Morgan fingerprint density at radius 1 is 1.10 bits per heavy atom. The van der Waals surface area contributed by atoms with E-state index in [1.165, 1.54) is 37.7 Å². The van der Waals surface area contributed by atoms with Gasteiger partial charge in [0.25, 0.3) is 0 Å². The van der Waals surface area contributed by atoms with Crippen LogP contribution >= 0.6 is 0 Å². The van der Waals surface area contributed by atoms with E-state index in [-0.39, 0.29) is 6.10 Å². The number of hydrogen-bond acceptors (Lipinski definition) is 2. The number of rotatable bonds is 6. The van der Waals surface area contributed by atoms with Crippen LogP contribution in [-0.4, -0.2) is 12.1 Å². The van der Waals surface area contributed by atoms with Crippen LogP contribution in [0.4, 0.5) is 0 Å². The molecule has 1 aliphatic rings. The van der Waals surface area contributed by atoms with Gasteiger partial charge in [-0.3, -0.25) is 0 Å². The summed E-state index contributed by atoms with van der Waals surface area (Å²) in [6.45, 7) is 7.40. The van der Waals surface area contributed by atoms with E-state index in [9.17, 15) is 0 Å². The van der Waals surface area contributed by atoms with Gasteiger partial charge in [-0.15, -0.1) is 0 Å². The second-order valence-corrected chi connectivity index (χ2v) is 6.34. The van der Waals surface area contributed by atoms with Crippen molar-refractivity contribution in [1.29, 1.82) is 0 Å². The third-order valence-electron chi connectivity index (χ3n) is 4.31. The molecule has 1 fully saturated rings. The van der Waals surface area contributed by atoms with Crippen molar-refractivity contribution < 1.29 is 4.74 Å². The van der Waals surface area contributed by atoms with Crippen LogP contribution in [0, 0.1) is 5.92 Å². The zero-order chi connectivity index (χ0) is 14.4. The second-order valence-electron chi connectivity index (χ2n) is 6.34. The van der Waals surface area contributed by atoms with E-state index in [1.54, 1.807) is 0 Å². The van der Waals surface area contributed by atoms with Crippen LogP contribution in [0.1, 0.15) is 58.4 Å². The molecule has 0 bridgehead atoms. The maximum Gasteiger partial charge on any atom is 0.124 e. The Morgan fingerprint density at radius 3 is 2.50 bits per heavy atom. The Morgan fingerprint density at radius 2 is 1.80 bits per heavy atom. The zero-order valence-corrected chi connectivity index (χ0v) is 13.2. The number of nitrogens with one attached hydrogen (secondary N) is 1. The lowest BCUT2D eigenvalue weighted by molar-refractivity contribution is 0.237. The summed E-state index contributed by atoms with van der Waals surface area (Å²) in [7, 11) is 0. The van der Waals surface area contributed by atoms with Gasteiger partial charge in [-0.1, -0.05) is 37.5 Å². The van der Waals surface area contributed by atoms with Crippen molar-refractivity contribution in [2.45, 2.75) is 71.6 Å². The van der Waals surface area contributed by atoms with Crippen LogP contribution in [-0.2, 0) is 6.54 Å².